The fourth-order valence-corrected chi connectivity index (χ4v) is 1.32. The molecule has 0 fully saturated rings. The van der Waals surface area contributed by atoms with Gasteiger partial charge in [0.15, 0.2) is 5.40 Å². The molecule has 0 heterocycles. The zero-order chi connectivity index (χ0) is 8.10. The molecule has 0 spiro atoms. The molecule has 0 aliphatic carbocycles. The Balaban J connectivity index is 2.67. The maximum absolute atomic E-state index is 10.7. The molecule has 11 heavy (non-hydrogen) atoms. The first-order valence-corrected chi connectivity index (χ1v) is 4.47. The Morgan fingerprint density at radius 3 is 2.55 bits per heavy atom. The summed E-state index contributed by atoms with van der Waals surface area (Å²) in [5, 5.41) is 9.93. The summed E-state index contributed by atoms with van der Waals surface area (Å²) in [5.41, 5.74) is 0.937. The van der Waals surface area contributed by atoms with Crippen LogP contribution >= 0.6 is 0 Å². The Kier molecular flexibility index (Phi) is 2.82. The lowest BCUT2D eigenvalue weighted by molar-refractivity contribution is 0.688. The highest BCUT2D eigenvalue weighted by Gasteiger charge is 1.97. The quantitative estimate of drug-likeness (QED) is 0.622. The van der Waals surface area contributed by atoms with Crippen LogP contribution in [0.15, 0.2) is 30.3 Å². The van der Waals surface area contributed by atoms with Crippen LogP contribution in [-0.2, 0) is 16.6 Å². The standard InChI is InChI=1S/C8H7NOS/c9-7-11(10)6-8-4-2-1-3-5-8/h1-5H,6H2. The second-order valence-electron chi connectivity index (χ2n) is 2.07. The van der Waals surface area contributed by atoms with Gasteiger partial charge in [0.1, 0.15) is 10.8 Å². The van der Waals surface area contributed by atoms with Crippen LogP contribution in [0, 0.1) is 10.7 Å². The van der Waals surface area contributed by atoms with E-state index in [1.807, 2.05) is 30.3 Å². The number of thiocyanates is 1. The molecule has 0 N–H and O–H groups in total. The van der Waals surface area contributed by atoms with Crippen LogP contribution < -0.4 is 0 Å². The minimum Gasteiger partial charge on any atom is -0.243 e. The second kappa shape index (κ2) is 3.89. The van der Waals surface area contributed by atoms with E-state index in [-0.39, 0.29) is 0 Å². The largest absolute Gasteiger partial charge is 0.243 e. The summed E-state index contributed by atoms with van der Waals surface area (Å²) >= 11 is 0. The van der Waals surface area contributed by atoms with Gasteiger partial charge in [-0.2, -0.15) is 5.26 Å². The van der Waals surface area contributed by atoms with Crippen molar-refractivity contribution in [3.63, 3.8) is 0 Å². The summed E-state index contributed by atoms with van der Waals surface area (Å²) in [4.78, 5) is 0. The van der Waals surface area contributed by atoms with Crippen LogP contribution in [0.1, 0.15) is 5.56 Å². The second-order valence-corrected chi connectivity index (χ2v) is 3.23. The molecular formula is C8H7NOS. The van der Waals surface area contributed by atoms with Gasteiger partial charge in [-0.3, -0.25) is 0 Å². The third kappa shape index (κ3) is 2.52. The zero-order valence-corrected chi connectivity index (χ0v) is 6.67. The van der Waals surface area contributed by atoms with Crippen LogP contribution in [-0.4, -0.2) is 4.21 Å². The van der Waals surface area contributed by atoms with Gasteiger partial charge in [0.05, 0.1) is 5.75 Å². The lowest BCUT2D eigenvalue weighted by Crippen LogP contribution is -1.90. The van der Waals surface area contributed by atoms with E-state index in [2.05, 4.69) is 0 Å². The Morgan fingerprint density at radius 2 is 2.00 bits per heavy atom. The molecule has 2 nitrogen and oxygen atoms in total. The summed E-state index contributed by atoms with van der Waals surface area (Å²) < 4.78 is 10.7. The van der Waals surface area contributed by atoms with E-state index in [9.17, 15) is 4.21 Å². The minimum atomic E-state index is -1.37. The number of rotatable bonds is 2. The van der Waals surface area contributed by atoms with Crippen LogP contribution in [0.3, 0.4) is 0 Å². The molecule has 0 bridgehead atoms. The van der Waals surface area contributed by atoms with E-state index in [1.165, 1.54) is 0 Å². The molecule has 0 aliphatic heterocycles. The smallest absolute Gasteiger partial charge is 0.166 e. The van der Waals surface area contributed by atoms with Gasteiger partial charge in [-0.1, -0.05) is 30.3 Å². The van der Waals surface area contributed by atoms with E-state index in [0.717, 1.165) is 5.56 Å². The van der Waals surface area contributed by atoms with Gasteiger partial charge in [-0.15, -0.1) is 0 Å². The van der Waals surface area contributed by atoms with Gasteiger partial charge >= 0.3 is 0 Å². The Hall–Kier alpha value is -1.14. The Bertz CT molecular complexity index is 289. The molecule has 0 saturated heterocycles. The van der Waals surface area contributed by atoms with Crippen LogP contribution in [0.4, 0.5) is 0 Å². The lowest BCUT2D eigenvalue weighted by atomic mass is 10.2. The highest BCUT2D eigenvalue weighted by Crippen LogP contribution is 2.01. The highest BCUT2D eigenvalue weighted by atomic mass is 32.2. The Morgan fingerprint density at radius 1 is 1.36 bits per heavy atom. The van der Waals surface area contributed by atoms with Crippen molar-refractivity contribution >= 4 is 10.8 Å². The summed E-state index contributed by atoms with van der Waals surface area (Å²) in [6.07, 6.45) is 0. The first kappa shape index (κ1) is 7.96. The minimum absolute atomic E-state index is 0.331. The van der Waals surface area contributed by atoms with Gasteiger partial charge in [0.2, 0.25) is 0 Å². The van der Waals surface area contributed by atoms with Crippen molar-refractivity contribution in [1.82, 2.24) is 0 Å². The maximum atomic E-state index is 10.7. The van der Waals surface area contributed by atoms with Crippen molar-refractivity contribution in [1.29, 1.82) is 5.26 Å². The topological polar surface area (TPSA) is 40.9 Å². The molecule has 1 unspecified atom stereocenters. The fourth-order valence-electron chi connectivity index (χ4n) is 0.758. The normalized spacial score (nSPS) is 11.9. The summed E-state index contributed by atoms with van der Waals surface area (Å²) in [6, 6.07) is 9.33. The summed E-state index contributed by atoms with van der Waals surface area (Å²) in [6.45, 7) is 0. The molecule has 0 amide bonds. The number of nitrogens with zero attached hydrogens (tertiary/aromatic N) is 1. The maximum Gasteiger partial charge on any atom is 0.166 e. The molecular weight excluding hydrogens is 158 g/mol. The lowest BCUT2D eigenvalue weighted by Gasteiger charge is -1.92. The number of benzene rings is 1. The van der Waals surface area contributed by atoms with Gasteiger partial charge in [0, 0.05) is 0 Å². The van der Waals surface area contributed by atoms with Gasteiger partial charge in [-0.05, 0) is 5.56 Å². The monoisotopic (exact) mass is 165 g/mol. The van der Waals surface area contributed by atoms with Crippen molar-refractivity contribution in [3.05, 3.63) is 35.9 Å². The van der Waals surface area contributed by atoms with Gasteiger partial charge < -0.3 is 0 Å². The number of nitriles is 1. The third-order valence-corrected chi connectivity index (χ3v) is 2.04. The molecule has 0 aliphatic rings. The van der Waals surface area contributed by atoms with E-state index in [0.29, 0.717) is 5.75 Å². The zero-order valence-electron chi connectivity index (χ0n) is 5.86. The van der Waals surface area contributed by atoms with E-state index >= 15 is 0 Å². The predicted octanol–water partition coefficient (Wildman–Crippen LogP) is 1.42. The third-order valence-electron chi connectivity index (χ3n) is 1.24. The molecule has 0 aromatic heterocycles. The van der Waals surface area contributed by atoms with E-state index < -0.39 is 10.8 Å². The van der Waals surface area contributed by atoms with Crippen molar-refractivity contribution in [2.45, 2.75) is 5.75 Å². The molecule has 1 rings (SSSR count). The molecule has 56 valence electrons. The molecule has 1 aromatic carbocycles. The number of hydrogen-bond acceptors (Lipinski definition) is 2. The van der Waals surface area contributed by atoms with Crippen LogP contribution in [0.25, 0.3) is 0 Å². The molecule has 1 atom stereocenters. The molecule has 0 saturated carbocycles. The first-order valence-electron chi connectivity index (χ1n) is 3.15. The molecule has 3 heteroatoms. The van der Waals surface area contributed by atoms with Gasteiger partial charge in [0.25, 0.3) is 0 Å². The summed E-state index contributed by atoms with van der Waals surface area (Å²) in [5.74, 6) is 0.331. The van der Waals surface area contributed by atoms with E-state index in [4.69, 9.17) is 5.26 Å². The van der Waals surface area contributed by atoms with E-state index in [1.54, 1.807) is 5.40 Å². The molecule has 0 radical (unpaired) electrons. The van der Waals surface area contributed by atoms with Crippen LogP contribution in [0.2, 0.25) is 0 Å². The van der Waals surface area contributed by atoms with Crippen molar-refractivity contribution in [2.75, 3.05) is 0 Å². The Labute approximate surface area is 67.9 Å². The fraction of sp³-hybridized carbons (Fsp3) is 0.125. The average molecular weight is 165 g/mol. The molecule has 1 aromatic rings. The predicted molar refractivity (Wildman–Crippen MR) is 43.9 cm³/mol. The van der Waals surface area contributed by atoms with Gasteiger partial charge in [-0.25, -0.2) is 4.21 Å². The SMILES string of the molecule is N#CS(=O)Cc1ccccc1. The van der Waals surface area contributed by atoms with Crippen molar-refractivity contribution in [2.24, 2.45) is 0 Å². The summed E-state index contributed by atoms with van der Waals surface area (Å²) in [7, 11) is -1.37. The average Bonchev–Trinajstić information content (AvgIpc) is 2.06. The number of hydrogen-bond donors (Lipinski definition) is 0. The van der Waals surface area contributed by atoms with Crippen molar-refractivity contribution in [3.8, 4) is 5.40 Å². The van der Waals surface area contributed by atoms with Crippen LogP contribution in [0.5, 0.6) is 0 Å². The van der Waals surface area contributed by atoms with Crippen molar-refractivity contribution < 1.29 is 4.21 Å². The first-order chi connectivity index (χ1) is 5.33. The highest BCUT2D eigenvalue weighted by molar-refractivity contribution is 7.88.